The van der Waals surface area contributed by atoms with Gasteiger partial charge >= 0.3 is 5.97 Å². The summed E-state index contributed by atoms with van der Waals surface area (Å²) in [4.78, 5) is 24.3. The van der Waals surface area contributed by atoms with E-state index in [0.717, 1.165) is 38.5 Å². The summed E-state index contributed by atoms with van der Waals surface area (Å²) >= 11 is 0. The molecule has 0 fully saturated rings. The molecule has 0 aromatic heterocycles. The van der Waals surface area contributed by atoms with Crippen LogP contribution in [0.4, 0.5) is 0 Å². The van der Waals surface area contributed by atoms with Gasteiger partial charge in [-0.1, -0.05) is 47.0 Å². The van der Waals surface area contributed by atoms with E-state index in [-0.39, 0.29) is 32.6 Å². The zero-order chi connectivity index (χ0) is 16.8. The van der Waals surface area contributed by atoms with Crippen LogP contribution in [-0.2, 0) is 50.0 Å². The fourth-order valence-corrected chi connectivity index (χ4v) is 1.71. The monoisotopic (exact) mass is 406 g/mol. The normalized spacial score (nSPS) is 11.1. The summed E-state index contributed by atoms with van der Waals surface area (Å²) in [6.45, 7) is 8.72. The zero-order valence-electron chi connectivity index (χ0n) is 15.1. The van der Waals surface area contributed by atoms with Gasteiger partial charge in [-0.15, -0.1) is 0 Å². The molecule has 0 saturated heterocycles. The molecule has 134 valence electrons. The Morgan fingerprint density at radius 3 is 1.35 bits per heavy atom. The summed E-state index contributed by atoms with van der Waals surface area (Å²) in [6, 6.07) is 0. The molecule has 0 unspecified atom stereocenters. The van der Waals surface area contributed by atoms with E-state index in [2.05, 4.69) is 0 Å². The van der Waals surface area contributed by atoms with Gasteiger partial charge in [0.25, 0.3) is 5.78 Å². The maximum atomic E-state index is 12.5. The third-order valence-corrected chi connectivity index (χ3v) is 3.22. The van der Waals surface area contributed by atoms with Crippen molar-refractivity contribution in [1.82, 2.24) is 0 Å². The minimum absolute atomic E-state index is 0. The maximum absolute atomic E-state index is 12.5. The third-order valence-electron chi connectivity index (χ3n) is 3.22. The topological polar surface area (TPSA) is 61.8 Å². The first kappa shape index (κ1) is 25.3. The van der Waals surface area contributed by atoms with Crippen LogP contribution in [0.25, 0.3) is 0 Å². The van der Waals surface area contributed by atoms with Crippen molar-refractivity contribution in [1.29, 1.82) is 0 Å². The van der Waals surface area contributed by atoms with Crippen molar-refractivity contribution in [3.63, 3.8) is 0 Å². The van der Waals surface area contributed by atoms with Crippen LogP contribution in [0.1, 0.15) is 72.6 Å². The zero-order valence-corrected chi connectivity index (χ0v) is 17.6. The Labute approximate surface area is 159 Å². The first-order valence-electron chi connectivity index (χ1n) is 8.57. The Kier molecular flexibility index (Phi) is 17.2. The molecule has 0 aliphatic heterocycles. The van der Waals surface area contributed by atoms with Crippen LogP contribution in [0.5, 0.6) is 0 Å². The van der Waals surface area contributed by atoms with E-state index < -0.39 is 17.5 Å². The predicted molar refractivity (Wildman–Crippen MR) is 85.6 cm³/mol. The van der Waals surface area contributed by atoms with Crippen LogP contribution < -0.4 is 0 Å². The summed E-state index contributed by atoms with van der Waals surface area (Å²) < 4.78 is 16.9. The van der Waals surface area contributed by atoms with Gasteiger partial charge in [0, 0.05) is 32.6 Å². The minimum atomic E-state index is -1.85. The number of Topliss-reactive ketones (excluding diaryl/α,β-unsaturated/α-hetero) is 2. The first-order valence-corrected chi connectivity index (χ1v) is 8.57. The second-order valence-corrected chi connectivity index (χ2v) is 5.27. The maximum Gasteiger partial charge on any atom is 0.354 e. The van der Waals surface area contributed by atoms with Crippen LogP contribution >= 0.6 is 0 Å². The Morgan fingerprint density at radius 1 is 0.739 bits per heavy atom. The fourth-order valence-electron chi connectivity index (χ4n) is 1.71. The Hall–Kier alpha value is 0.103. The Morgan fingerprint density at radius 2 is 1.09 bits per heavy atom. The molecule has 0 radical (unpaired) electrons. The van der Waals surface area contributed by atoms with Crippen LogP contribution in [-0.4, -0.2) is 37.4 Å². The molecule has 0 heterocycles. The molecular formula is C17H32O5Zr. The van der Waals surface area contributed by atoms with E-state index in [4.69, 9.17) is 14.2 Å². The molecule has 0 saturated carbocycles. The fraction of sp³-hybridized carbons (Fsp3) is 0.882. The number of hydrogen-bond donors (Lipinski definition) is 0. The summed E-state index contributed by atoms with van der Waals surface area (Å²) in [5.41, 5.74) is 0. The van der Waals surface area contributed by atoms with E-state index in [1.807, 2.05) is 20.8 Å². The van der Waals surface area contributed by atoms with Gasteiger partial charge in [0.05, 0.1) is 19.8 Å². The number of carbonyl (C=O) groups is 2. The quantitative estimate of drug-likeness (QED) is 0.236. The number of hydrogen-bond acceptors (Lipinski definition) is 5. The van der Waals surface area contributed by atoms with E-state index in [0.29, 0.717) is 19.8 Å². The molecule has 6 heteroatoms. The van der Waals surface area contributed by atoms with Gasteiger partial charge in [-0.3, -0.25) is 9.59 Å². The van der Waals surface area contributed by atoms with Crippen LogP contribution in [0.2, 0.25) is 0 Å². The first-order chi connectivity index (χ1) is 10.6. The predicted octanol–water partition coefficient (Wildman–Crippen LogP) is 3.64. The van der Waals surface area contributed by atoms with Crippen molar-refractivity contribution >= 4 is 11.6 Å². The number of unbranched alkanes of at least 4 members (excludes halogenated alkanes) is 3. The molecule has 0 rings (SSSR count). The van der Waals surface area contributed by atoms with Crippen molar-refractivity contribution in [2.24, 2.45) is 0 Å². The second kappa shape index (κ2) is 15.6. The van der Waals surface area contributed by atoms with E-state index in [1.54, 1.807) is 6.92 Å². The molecular weight excluding hydrogens is 375 g/mol. The van der Waals surface area contributed by atoms with Gasteiger partial charge in [0.2, 0.25) is 5.78 Å². The molecule has 0 aliphatic carbocycles. The Balaban J connectivity index is 0. The van der Waals surface area contributed by atoms with Crippen LogP contribution in [0.15, 0.2) is 0 Å². The molecule has 0 aromatic rings. The van der Waals surface area contributed by atoms with E-state index in [9.17, 15) is 9.59 Å². The number of rotatable bonds is 15. The van der Waals surface area contributed by atoms with Crippen molar-refractivity contribution < 1.29 is 50.0 Å². The third kappa shape index (κ3) is 9.86. The summed E-state index contributed by atoms with van der Waals surface area (Å²) in [7, 11) is 0. The van der Waals surface area contributed by atoms with E-state index in [1.165, 1.54) is 0 Å². The SMILES string of the molecule is CCCCOC(OCCCC)(OCCCC)C(=O)C(=O)CC.[Zr]. The summed E-state index contributed by atoms with van der Waals surface area (Å²) in [5, 5.41) is 0. The average molecular weight is 408 g/mol. The van der Waals surface area contributed by atoms with Crippen molar-refractivity contribution in [3.8, 4) is 0 Å². The summed E-state index contributed by atoms with van der Waals surface area (Å²) in [5.74, 6) is -3.10. The van der Waals surface area contributed by atoms with Crippen LogP contribution in [0.3, 0.4) is 0 Å². The summed E-state index contributed by atoms with van der Waals surface area (Å²) in [6.07, 6.45) is 5.24. The van der Waals surface area contributed by atoms with E-state index >= 15 is 0 Å². The molecule has 0 amide bonds. The molecule has 0 atom stereocenters. The molecule has 5 nitrogen and oxygen atoms in total. The molecule has 0 bridgehead atoms. The van der Waals surface area contributed by atoms with Crippen LogP contribution in [0, 0.1) is 0 Å². The van der Waals surface area contributed by atoms with Crippen molar-refractivity contribution in [3.05, 3.63) is 0 Å². The van der Waals surface area contributed by atoms with Gasteiger partial charge in [-0.05, 0) is 19.3 Å². The van der Waals surface area contributed by atoms with Gasteiger partial charge in [0.15, 0.2) is 0 Å². The van der Waals surface area contributed by atoms with Gasteiger partial charge in [0.1, 0.15) is 0 Å². The van der Waals surface area contributed by atoms with Gasteiger partial charge in [-0.25, -0.2) is 0 Å². The largest absolute Gasteiger partial charge is 0.354 e. The molecule has 0 N–H and O–H groups in total. The van der Waals surface area contributed by atoms with Crippen molar-refractivity contribution in [2.75, 3.05) is 19.8 Å². The second-order valence-electron chi connectivity index (χ2n) is 5.27. The number of carbonyl (C=O) groups excluding carboxylic acids is 2. The molecule has 23 heavy (non-hydrogen) atoms. The Bertz CT molecular complexity index is 294. The standard InChI is InChI=1S/C17H32O5.Zr/c1-5-9-12-20-17(21-13-10-6-2,22-14-11-7-3)16(19)15(18)8-4;/h5-14H2,1-4H3;. The molecule has 0 aliphatic rings. The molecule has 0 aromatic carbocycles. The minimum Gasteiger partial charge on any atom is -0.321 e. The number of ether oxygens (including phenoxy) is 3. The average Bonchev–Trinajstić information content (AvgIpc) is 2.53. The van der Waals surface area contributed by atoms with Crippen molar-refractivity contribution in [2.45, 2.75) is 78.6 Å². The number of ketones is 2. The van der Waals surface area contributed by atoms with Gasteiger partial charge in [-0.2, -0.15) is 0 Å². The smallest absolute Gasteiger partial charge is 0.321 e. The van der Waals surface area contributed by atoms with Gasteiger partial charge < -0.3 is 14.2 Å². The molecule has 0 spiro atoms.